The van der Waals surface area contributed by atoms with Gasteiger partial charge in [0.15, 0.2) is 0 Å². The van der Waals surface area contributed by atoms with Crippen LogP contribution in [0.25, 0.3) is 22.0 Å². The smallest absolute Gasteiger partial charge is 0.350 e. The highest BCUT2D eigenvalue weighted by molar-refractivity contribution is 6.30. The van der Waals surface area contributed by atoms with Crippen molar-refractivity contribution in [3.63, 3.8) is 0 Å². The molecule has 0 bridgehead atoms. The fraction of sp³-hybridized carbons (Fsp3) is 0. The second kappa shape index (κ2) is 7.25. The van der Waals surface area contributed by atoms with Crippen LogP contribution in [0, 0.1) is 5.21 Å². The van der Waals surface area contributed by atoms with Crippen LogP contribution in [-0.2, 0) is 0 Å². The van der Waals surface area contributed by atoms with Gasteiger partial charge in [0.25, 0.3) is 0 Å². The molecule has 0 aliphatic carbocycles. The summed E-state index contributed by atoms with van der Waals surface area (Å²) < 4.78 is 0. The molecule has 0 aliphatic heterocycles. The quantitative estimate of drug-likeness (QED) is 0.553. The molecule has 2 heterocycles. The Morgan fingerprint density at radius 3 is 2.52 bits per heavy atom. The lowest BCUT2D eigenvalue weighted by molar-refractivity contribution is -0.679. The first-order valence-electron chi connectivity index (χ1n) is 8.27. The summed E-state index contributed by atoms with van der Waals surface area (Å²) in [6, 6.07) is 17.4. The third-order valence-electron chi connectivity index (χ3n) is 4.30. The molecule has 0 spiro atoms. The van der Waals surface area contributed by atoms with Gasteiger partial charge in [0, 0.05) is 46.7 Å². The summed E-state index contributed by atoms with van der Waals surface area (Å²) in [6.45, 7) is 0. The van der Waals surface area contributed by atoms with Crippen molar-refractivity contribution in [2.75, 3.05) is 0 Å². The molecule has 1 amide bonds. The molecule has 5 nitrogen and oxygen atoms in total. The first-order valence-corrected chi connectivity index (χ1v) is 8.65. The van der Waals surface area contributed by atoms with Gasteiger partial charge >= 0.3 is 5.91 Å². The minimum absolute atomic E-state index is 0.251. The molecule has 0 saturated carbocycles. The van der Waals surface area contributed by atoms with Crippen molar-refractivity contribution in [2.45, 2.75) is 0 Å². The molecule has 6 heteroatoms. The second-order valence-electron chi connectivity index (χ2n) is 6.00. The number of halogens is 1. The Morgan fingerprint density at radius 1 is 0.963 bits per heavy atom. The molecule has 2 aromatic carbocycles. The monoisotopic (exact) mass is 375 g/mol. The van der Waals surface area contributed by atoms with E-state index < -0.39 is 11.0 Å². The third-order valence-corrected chi connectivity index (χ3v) is 4.55. The third kappa shape index (κ3) is 3.44. The van der Waals surface area contributed by atoms with Gasteiger partial charge in [-0.15, -0.1) is 0 Å². The summed E-state index contributed by atoms with van der Waals surface area (Å²) in [6.07, 6.45) is 4.96. The average Bonchev–Trinajstić information content (AvgIpc) is 2.73. The fourth-order valence-corrected chi connectivity index (χ4v) is 3.02. The van der Waals surface area contributed by atoms with Crippen molar-refractivity contribution >= 4 is 34.0 Å². The van der Waals surface area contributed by atoms with Gasteiger partial charge < -0.3 is 5.21 Å². The zero-order valence-electron chi connectivity index (χ0n) is 14.1. The summed E-state index contributed by atoms with van der Waals surface area (Å²) in [5, 5.41) is 14.3. The van der Waals surface area contributed by atoms with Gasteiger partial charge in [0.1, 0.15) is 5.69 Å². The highest BCUT2D eigenvalue weighted by Gasteiger charge is 2.17. The molecule has 0 aliphatic rings. The number of hydrogen-bond acceptors (Lipinski definition) is 4. The lowest BCUT2D eigenvalue weighted by Crippen LogP contribution is -3.05. The van der Waals surface area contributed by atoms with E-state index in [-0.39, 0.29) is 5.56 Å². The summed E-state index contributed by atoms with van der Waals surface area (Å²) in [5.41, 5.74) is 2.22. The molecule has 2 aromatic heterocycles. The molecule has 1 unspecified atom stereocenters. The summed E-state index contributed by atoms with van der Waals surface area (Å²) >= 11 is 5.82. The van der Waals surface area contributed by atoms with Gasteiger partial charge in [-0.2, -0.15) is 0 Å². The van der Waals surface area contributed by atoms with Crippen molar-refractivity contribution in [3.05, 3.63) is 95.0 Å². The van der Waals surface area contributed by atoms with Gasteiger partial charge in [-0.05, 0) is 35.7 Å². The number of hydroxylamine groups is 1. The predicted octanol–water partition coefficient (Wildman–Crippen LogP) is 3.80. The Balaban J connectivity index is 1.63. The van der Waals surface area contributed by atoms with E-state index in [1.54, 1.807) is 36.7 Å². The lowest BCUT2D eigenvalue weighted by Gasteiger charge is -2.19. The molecule has 132 valence electrons. The van der Waals surface area contributed by atoms with Crippen LogP contribution in [-0.4, -0.2) is 15.9 Å². The number of nitrogens with zero attached hydrogens (tertiary/aromatic N) is 2. The van der Waals surface area contributed by atoms with E-state index >= 15 is 0 Å². The molecular weight excluding hydrogens is 362 g/mol. The number of carbonyl (C=O) groups excluding carboxylic acids is 1. The largest absolute Gasteiger partial charge is 0.621 e. The molecule has 0 radical (unpaired) electrons. The van der Waals surface area contributed by atoms with Crippen LogP contribution in [0.4, 0.5) is 5.69 Å². The van der Waals surface area contributed by atoms with E-state index in [0.717, 1.165) is 22.0 Å². The number of fused-ring (bicyclic) bond motifs is 1. The van der Waals surface area contributed by atoms with Crippen molar-refractivity contribution in [2.24, 2.45) is 0 Å². The maximum atomic E-state index is 12.5. The van der Waals surface area contributed by atoms with Gasteiger partial charge in [0.2, 0.25) is 0 Å². The Hall–Kier alpha value is -3.12. The lowest BCUT2D eigenvalue weighted by atomic mass is 10.0. The first-order chi connectivity index (χ1) is 13.1. The maximum Gasteiger partial charge on any atom is 0.350 e. The van der Waals surface area contributed by atoms with Crippen LogP contribution in [0.5, 0.6) is 0 Å². The number of hydrogen-bond donors (Lipinski definition) is 1. The molecule has 27 heavy (non-hydrogen) atoms. The topological polar surface area (TPSA) is 70.3 Å². The van der Waals surface area contributed by atoms with Crippen molar-refractivity contribution in [1.29, 1.82) is 0 Å². The normalized spacial score (nSPS) is 12.1. The van der Waals surface area contributed by atoms with Crippen LogP contribution in [0.15, 0.2) is 79.3 Å². The number of benzene rings is 2. The van der Waals surface area contributed by atoms with Crippen LogP contribution >= 0.6 is 11.6 Å². The predicted molar refractivity (Wildman–Crippen MR) is 105 cm³/mol. The molecule has 0 saturated heterocycles. The number of pyridine rings is 2. The zero-order chi connectivity index (χ0) is 18.8. The van der Waals surface area contributed by atoms with Gasteiger partial charge in [-0.3, -0.25) is 15.0 Å². The van der Waals surface area contributed by atoms with Gasteiger partial charge in [-0.25, -0.2) is 4.79 Å². The SMILES string of the molecule is O=C(c1ccc(-c2cccc3cnccc23)nc1)[NH+]([O-])c1ccc(Cl)cc1. The van der Waals surface area contributed by atoms with E-state index in [1.807, 2.05) is 24.3 Å². The maximum absolute atomic E-state index is 12.5. The molecule has 1 atom stereocenters. The van der Waals surface area contributed by atoms with E-state index in [1.165, 1.54) is 18.3 Å². The number of nitrogens with one attached hydrogen (secondary N) is 1. The Labute approximate surface area is 160 Å². The van der Waals surface area contributed by atoms with Crippen LogP contribution < -0.4 is 5.06 Å². The fourth-order valence-electron chi connectivity index (χ4n) is 2.90. The Morgan fingerprint density at radius 2 is 1.78 bits per heavy atom. The molecule has 4 aromatic rings. The number of carbonyl (C=O) groups is 1. The number of aromatic nitrogens is 2. The summed E-state index contributed by atoms with van der Waals surface area (Å²) in [7, 11) is 0. The van der Waals surface area contributed by atoms with Crippen molar-refractivity contribution < 1.29 is 9.86 Å². The number of rotatable bonds is 3. The Kier molecular flexibility index (Phi) is 4.64. The summed E-state index contributed by atoms with van der Waals surface area (Å²) in [4.78, 5) is 21.0. The number of quaternary nitrogens is 1. The molecule has 4 rings (SSSR count). The van der Waals surface area contributed by atoms with Gasteiger partial charge in [0.05, 0.1) is 11.3 Å². The highest BCUT2D eigenvalue weighted by Crippen LogP contribution is 2.26. The van der Waals surface area contributed by atoms with E-state index in [9.17, 15) is 10.0 Å². The van der Waals surface area contributed by atoms with Crippen LogP contribution in [0.3, 0.4) is 0 Å². The van der Waals surface area contributed by atoms with E-state index in [4.69, 9.17) is 11.6 Å². The van der Waals surface area contributed by atoms with E-state index in [2.05, 4.69) is 9.97 Å². The van der Waals surface area contributed by atoms with Crippen molar-refractivity contribution in [3.8, 4) is 11.3 Å². The van der Waals surface area contributed by atoms with E-state index in [0.29, 0.717) is 10.7 Å². The molecule has 1 N–H and O–H groups in total. The first kappa shape index (κ1) is 17.3. The van der Waals surface area contributed by atoms with Crippen molar-refractivity contribution in [1.82, 2.24) is 9.97 Å². The van der Waals surface area contributed by atoms with Crippen LogP contribution in [0.2, 0.25) is 5.02 Å². The molecular formula is C21H14ClN3O2. The van der Waals surface area contributed by atoms with Gasteiger partial charge in [-0.1, -0.05) is 29.8 Å². The standard InChI is InChI=1S/C21H14ClN3O2/c22-16-5-7-17(8-6-16)25(27)21(26)15-4-9-20(24-13-15)19-3-1-2-14-12-23-11-10-18(14)19/h1-13,25H. The minimum Gasteiger partial charge on any atom is -0.621 e. The summed E-state index contributed by atoms with van der Waals surface area (Å²) in [5.74, 6) is -0.599. The second-order valence-corrected chi connectivity index (χ2v) is 6.44. The number of amides is 1. The zero-order valence-corrected chi connectivity index (χ0v) is 14.9. The molecule has 0 fully saturated rings. The average molecular weight is 376 g/mol. The minimum atomic E-state index is -0.599. The Bertz CT molecular complexity index is 1110. The van der Waals surface area contributed by atoms with Crippen LogP contribution in [0.1, 0.15) is 10.4 Å². The highest BCUT2D eigenvalue weighted by atomic mass is 35.5.